The molecule has 0 bridgehead atoms. The Morgan fingerprint density at radius 3 is 2.46 bits per heavy atom. The van der Waals surface area contributed by atoms with Gasteiger partial charge >= 0.3 is 0 Å². The zero-order valence-corrected chi connectivity index (χ0v) is 16.1. The SMILES string of the molecule is Cc1cccc(C(C)C)c1NS(=O)(=O)c1cccc(C(=O)NC2CC2)c1. The number of carbonyl (C=O) groups excluding carboxylic acids is 1. The number of carbonyl (C=O) groups is 1. The molecule has 0 aromatic heterocycles. The molecule has 0 spiro atoms. The number of anilines is 1. The van der Waals surface area contributed by atoms with Crippen molar-refractivity contribution in [1.82, 2.24) is 5.32 Å². The highest BCUT2D eigenvalue weighted by molar-refractivity contribution is 7.92. The van der Waals surface area contributed by atoms with Gasteiger partial charge in [-0.05, 0) is 55.0 Å². The van der Waals surface area contributed by atoms with E-state index in [1.807, 2.05) is 39.0 Å². The minimum Gasteiger partial charge on any atom is -0.349 e. The van der Waals surface area contributed by atoms with Crippen LogP contribution in [0.5, 0.6) is 0 Å². The van der Waals surface area contributed by atoms with Gasteiger partial charge in [-0.25, -0.2) is 8.42 Å². The van der Waals surface area contributed by atoms with E-state index in [0.717, 1.165) is 24.0 Å². The Balaban J connectivity index is 1.91. The number of aryl methyl sites for hydroxylation is 1. The molecular weight excluding hydrogens is 348 g/mol. The third-order valence-electron chi connectivity index (χ3n) is 4.48. The maximum absolute atomic E-state index is 12.9. The molecule has 1 aliphatic carbocycles. The van der Waals surface area contributed by atoms with Crippen LogP contribution < -0.4 is 10.0 Å². The topological polar surface area (TPSA) is 75.3 Å². The molecule has 1 fully saturated rings. The van der Waals surface area contributed by atoms with Crippen LogP contribution in [0.1, 0.15) is 54.1 Å². The minimum absolute atomic E-state index is 0.0823. The highest BCUT2D eigenvalue weighted by atomic mass is 32.2. The molecule has 0 radical (unpaired) electrons. The molecule has 2 aromatic rings. The predicted molar refractivity (Wildman–Crippen MR) is 103 cm³/mol. The monoisotopic (exact) mass is 372 g/mol. The number of nitrogens with one attached hydrogen (secondary N) is 2. The van der Waals surface area contributed by atoms with E-state index in [4.69, 9.17) is 0 Å². The largest absolute Gasteiger partial charge is 0.349 e. The van der Waals surface area contributed by atoms with Crippen molar-refractivity contribution in [1.29, 1.82) is 0 Å². The van der Waals surface area contributed by atoms with Crippen LogP contribution in [0.15, 0.2) is 47.4 Å². The van der Waals surface area contributed by atoms with Gasteiger partial charge in [0.15, 0.2) is 0 Å². The van der Waals surface area contributed by atoms with Crippen molar-refractivity contribution in [3.05, 3.63) is 59.2 Å². The Labute approximate surface area is 154 Å². The molecule has 0 saturated heterocycles. The first-order valence-electron chi connectivity index (χ1n) is 8.81. The Morgan fingerprint density at radius 2 is 1.81 bits per heavy atom. The van der Waals surface area contributed by atoms with Crippen LogP contribution in [0.4, 0.5) is 5.69 Å². The van der Waals surface area contributed by atoms with Crippen molar-refractivity contribution < 1.29 is 13.2 Å². The van der Waals surface area contributed by atoms with Crippen molar-refractivity contribution in [3.8, 4) is 0 Å². The fourth-order valence-electron chi connectivity index (χ4n) is 2.81. The molecule has 26 heavy (non-hydrogen) atoms. The number of benzene rings is 2. The summed E-state index contributed by atoms with van der Waals surface area (Å²) in [6.45, 7) is 5.92. The number of sulfonamides is 1. The molecule has 0 aliphatic heterocycles. The van der Waals surface area contributed by atoms with Gasteiger partial charge in [-0.3, -0.25) is 9.52 Å². The van der Waals surface area contributed by atoms with E-state index in [1.54, 1.807) is 12.1 Å². The summed E-state index contributed by atoms with van der Waals surface area (Å²) in [7, 11) is -3.79. The second-order valence-electron chi connectivity index (χ2n) is 7.07. The number of hydrogen-bond acceptors (Lipinski definition) is 3. The Hall–Kier alpha value is -2.34. The lowest BCUT2D eigenvalue weighted by Gasteiger charge is -2.17. The second-order valence-corrected chi connectivity index (χ2v) is 8.76. The summed E-state index contributed by atoms with van der Waals surface area (Å²) in [6, 6.07) is 12.1. The summed E-state index contributed by atoms with van der Waals surface area (Å²) in [6.07, 6.45) is 1.97. The summed E-state index contributed by atoms with van der Waals surface area (Å²) < 4.78 is 28.5. The van der Waals surface area contributed by atoms with Crippen molar-refractivity contribution >= 4 is 21.6 Å². The summed E-state index contributed by atoms with van der Waals surface area (Å²) >= 11 is 0. The Kier molecular flexibility index (Phi) is 5.05. The lowest BCUT2D eigenvalue weighted by Crippen LogP contribution is -2.25. The van der Waals surface area contributed by atoms with E-state index in [2.05, 4.69) is 10.0 Å². The average molecular weight is 372 g/mol. The number of hydrogen-bond donors (Lipinski definition) is 2. The molecule has 1 saturated carbocycles. The molecule has 6 heteroatoms. The zero-order valence-electron chi connectivity index (χ0n) is 15.2. The van der Waals surface area contributed by atoms with Gasteiger partial charge in [-0.15, -0.1) is 0 Å². The molecule has 1 aliphatic rings. The highest BCUT2D eigenvalue weighted by Crippen LogP contribution is 2.29. The van der Waals surface area contributed by atoms with Crippen molar-refractivity contribution in [3.63, 3.8) is 0 Å². The fourth-order valence-corrected chi connectivity index (χ4v) is 4.01. The third kappa shape index (κ3) is 4.07. The van der Waals surface area contributed by atoms with Crippen LogP contribution >= 0.6 is 0 Å². The summed E-state index contributed by atoms with van der Waals surface area (Å²) in [5, 5.41) is 2.88. The first kappa shape index (κ1) is 18.5. The molecule has 0 atom stereocenters. The first-order chi connectivity index (χ1) is 12.3. The molecule has 1 amide bonds. The van der Waals surface area contributed by atoms with E-state index < -0.39 is 10.0 Å². The smallest absolute Gasteiger partial charge is 0.261 e. The predicted octanol–water partition coefficient (Wildman–Crippen LogP) is 3.81. The van der Waals surface area contributed by atoms with Gasteiger partial charge in [0, 0.05) is 11.6 Å². The normalized spacial score (nSPS) is 14.3. The van der Waals surface area contributed by atoms with Gasteiger partial charge in [0.05, 0.1) is 10.6 Å². The molecule has 5 nitrogen and oxygen atoms in total. The van der Waals surface area contributed by atoms with Crippen LogP contribution in [0.3, 0.4) is 0 Å². The van der Waals surface area contributed by atoms with E-state index >= 15 is 0 Å². The standard InChI is InChI=1S/C20H24N2O3S/c1-13(2)18-9-4-6-14(3)19(18)22-26(24,25)17-8-5-7-15(12-17)20(23)21-16-10-11-16/h4-9,12-13,16,22H,10-11H2,1-3H3,(H,21,23). The van der Waals surface area contributed by atoms with E-state index in [1.165, 1.54) is 12.1 Å². The van der Waals surface area contributed by atoms with Gasteiger partial charge in [0.25, 0.3) is 15.9 Å². The van der Waals surface area contributed by atoms with Crippen LogP contribution in [-0.2, 0) is 10.0 Å². The fraction of sp³-hybridized carbons (Fsp3) is 0.350. The van der Waals surface area contributed by atoms with Crippen molar-refractivity contribution in [2.75, 3.05) is 4.72 Å². The minimum atomic E-state index is -3.79. The Bertz CT molecular complexity index is 932. The van der Waals surface area contributed by atoms with Crippen LogP contribution in [-0.4, -0.2) is 20.4 Å². The molecule has 2 aromatic carbocycles. The quantitative estimate of drug-likeness (QED) is 0.810. The first-order valence-corrected chi connectivity index (χ1v) is 10.3. The maximum atomic E-state index is 12.9. The summed E-state index contributed by atoms with van der Waals surface area (Å²) in [5.74, 6) is -0.0495. The molecule has 0 unspecified atom stereocenters. The maximum Gasteiger partial charge on any atom is 0.261 e. The lowest BCUT2D eigenvalue weighted by molar-refractivity contribution is 0.0951. The Morgan fingerprint density at radius 1 is 1.12 bits per heavy atom. The number of rotatable bonds is 6. The highest BCUT2D eigenvalue weighted by Gasteiger charge is 2.25. The van der Waals surface area contributed by atoms with Gasteiger partial charge in [0.2, 0.25) is 0 Å². The number of amides is 1. The van der Waals surface area contributed by atoms with E-state index in [0.29, 0.717) is 11.3 Å². The van der Waals surface area contributed by atoms with Crippen LogP contribution in [0.2, 0.25) is 0 Å². The second kappa shape index (κ2) is 7.11. The molecule has 2 N–H and O–H groups in total. The molecule has 3 rings (SSSR count). The van der Waals surface area contributed by atoms with Gasteiger partial charge in [-0.2, -0.15) is 0 Å². The van der Waals surface area contributed by atoms with Crippen molar-refractivity contribution in [2.45, 2.75) is 50.5 Å². The van der Waals surface area contributed by atoms with Crippen molar-refractivity contribution in [2.24, 2.45) is 0 Å². The summed E-state index contributed by atoms with van der Waals surface area (Å²) in [4.78, 5) is 12.3. The number of para-hydroxylation sites is 1. The van der Waals surface area contributed by atoms with E-state index in [9.17, 15) is 13.2 Å². The molecule has 138 valence electrons. The zero-order chi connectivity index (χ0) is 18.9. The van der Waals surface area contributed by atoms with Crippen LogP contribution in [0, 0.1) is 6.92 Å². The lowest BCUT2D eigenvalue weighted by atomic mass is 9.99. The molecular formula is C20H24N2O3S. The average Bonchev–Trinajstić information content (AvgIpc) is 3.40. The van der Waals surface area contributed by atoms with Gasteiger partial charge < -0.3 is 5.32 Å². The summed E-state index contributed by atoms with van der Waals surface area (Å²) in [5.41, 5.74) is 2.77. The van der Waals surface area contributed by atoms with E-state index in [-0.39, 0.29) is 22.8 Å². The van der Waals surface area contributed by atoms with Gasteiger partial charge in [0.1, 0.15) is 0 Å². The third-order valence-corrected chi connectivity index (χ3v) is 5.83. The van der Waals surface area contributed by atoms with Crippen LogP contribution in [0.25, 0.3) is 0 Å². The molecule has 0 heterocycles. The van der Waals surface area contributed by atoms with Gasteiger partial charge in [-0.1, -0.05) is 38.1 Å².